The van der Waals surface area contributed by atoms with E-state index >= 15 is 0 Å². The van der Waals surface area contributed by atoms with Crippen LogP contribution in [0.2, 0.25) is 0 Å². The van der Waals surface area contributed by atoms with Gasteiger partial charge in [0, 0.05) is 23.4 Å². The Morgan fingerprint density at radius 2 is 1.94 bits per heavy atom. The number of carbonyl (C=O) groups is 1. The van der Waals surface area contributed by atoms with E-state index in [1.165, 1.54) is 67.8 Å². The average molecular weight is 523 g/mol. The van der Waals surface area contributed by atoms with Crippen LogP contribution in [0.1, 0.15) is 10.4 Å². The molecule has 0 spiro atoms. The summed E-state index contributed by atoms with van der Waals surface area (Å²) in [6, 6.07) is 16.1. The summed E-state index contributed by atoms with van der Waals surface area (Å²) < 4.78 is 35.1. The number of aromatic nitrogens is 1. The number of hydrogen-bond donors (Lipinski definition) is 1. The van der Waals surface area contributed by atoms with Crippen LogP contribution in [0.4, 0.5) is 11.4 Å². The highest BCUT2D eigenvalue weighted by atomic mass is 32.2. The van der Waals surface area contributed by atoms with E-state index in [0.29, 0.717) is 16.0 Å². The zero-order valence-electron chi connectivity index (χ0n) is 18.7. The van der Waals surface area contributed by atoms with Crippen LogP contribution in [-0.2, 0) is 16.6 Å². The number of fused-ring (bicyclic) bond motifs is 1. The molecule has 182 valence electrons. The van der Waals surface area contributed by atoms with Gasteiger partial charge < -0.3 is 9.30 Å². The van der Waals surface area contributed by atoms with Crippen molar-refractivity contribution in [2.45, 2.75) is 11.4 Å². The largest absolute Gasteiger partial charge is 0.497 e. The van der Waals surface area contributed by atoms with Gasteiger partial charge in [0.2, 0.25) is 0 Å². The Morgan fingerprint density at radius 3 is 2.61 bits per heavy atom. The first kappa shape index (κ1) is 24.6. The average Bonchev–Trinajstić information content (AvgIpc) is 3.20. The summed E-state index contributed by atoms with van der Waals surface area (Å²) in [5, 5.41) is 11.1. The highest BCUT2D eigenvalue weighted by molar-refractivity contribution is 7.92. The fourth-order valence-electron chi connectivity index (χ4n) is 3.34. The molecule has 1 aromatic heterocycles. The molecule has 10 nitrogen and oxygen atoms in total. The van der Waals surface area contributed by atoms with Crippen LogP contribution >= 0.6 is 11.3 Å². The molecule has 0 atom stereocenters. The maximum absolute atomic E-state index is 13.0. The standard InChI is InChI=1S/C24H18N4O6S2/c1-3-13-27-21-12-7-18(28(30)31)15-22(21)35-24(27)25-23(29)16-5-4-6-17(14-16)26-36(32,33)20-10-8-19(34-2)9-11-20/h1,4-12,14-15,26H,13H2,2H3. The van der Waals surface area contributed by atoms with Gasteiger partial charge in [-0.2, -0.15) is 4.99 Å². The number of anilines is 1. The quantitative estimate of drug-likeness (QED) is 0.223. The number of thiazole rings is 1. The van der Waals surface area contributed by atoms with Gasteiger partial charge in [-0.05, 0) is 48.5 Å². The van der Waals surface area contributed by atoms with Crippen LogP contribution in [0.25, 0.3) is 10.2 Å². The van der Waals surface area contributed by atoms with Crippen LogP contribution < -0.4 is 14.3 Å². The molecule has 1 N–H and O–H groups in total. The molecule has 0 aliphatic heterocycles. The molecule has 0 fully saturated rings. The van der Waals surface area contributed by atoms with Gasteiger partial charge in [0.05, 0.1) is 33.7 Å². The third kappa shape index (κ3) is 5.12. The van der Waals surface area contributed by atoms with Crippen molar-refractivity contribution in [2.24, 2.45) is 4.99 Å². The molecule has 4 aromatic rings. The number of ether oxygens (including phenoxy) is 1. The minimum atomic E-state index is -3.91. The predicted octanol–water partition coefficient (Wildman–Crippen LogP) is 3.79. The molecule has 36 heavy (non-hydrogen) atoms. The summed E-state index contributed by atoms with van der Waals surface area (Å²) in [6.45, 7) is 0.103. The third-order valence-electron chi connectivity index (χ3n) is 5.06. The number of carbonyl (C=O) groups excluding carboxylic acids is 1. The van der Waals surface area contributed by atoms with Crippen molar-refractivity contribution in [3.63, 3.8) is 0 Å². The Kier molecular flexibility index (Phi) is 6.86. The van der Waals surface area contributed by atoms with E-state index in [0.717, 1.165) is 11.3 Å². The zero-order valence-corrected chi connectivity index (χ0v) is 20.4. The monoisotopic (exact) mass is 522 g/mol. The van der Waals surface area contributed by atoms with E-state index in [4.69, 9.17) is 11.2 Å². The van der Waals surface area contributed by atoms with E-state index in [2.05, 4.69) is 15.6 Å². The summed E-state index contributed by atoms with van der Waals surface area (Å²) in [5.74, 6) is 2.37. The minimum absolute atomic E-state index is 0.0272. The lowest BCUT2D eigenvalue weighted by Crippen LogP contribution is -2.17. The molecule has 0 unspecified atom stereocenters. The number of nitrogens with zero attached hydrogens (tertiary/aromatic N) is 3. The van der Waals surface area contributed by atoms with E-state index in [1.54, 1.807) is 10.6 Å². The molecule has 0 radical (unpaired) electrons. The predicted molar refractivity (Wildman–Crippen MR) is 135 cm³/mol. The zero-order chi connectivity index (χ0) is 25.9. The molecule has 0 bridgehead atoms. The number of terminal acetylenes is 1. The van der Waals surface area contributed by atoms with Gasteiger partial charge in [0.1, 0.15) is 5.75 Å². The summed E-state index contributed by atoms with van der Waals surface area (Å²) in [4.78, 5) is 28.0. The number of methoxy groups -OCH3 is 1. The molecule has 3 aromatic carbocycles. The van der Waals surface area contributed by atoms with Crippen molar-refractivity contribution in [1.82, 2.24) is 4.57 Å². The SMILES string of the molecule is C#CCn1c(=NC(=O)c2cccc(NS(=O)(=O)c3ccc(OC)cc3)c2)sc2cc([N+](=O)[O-])ccc21. The highest BCUT2D eigenvalue weighted by Crippen LogP contribution is 2.24. The van der Waals surface area contributed by atoms with Crippen molar-refractivity contribution < 1.29 is 22.9 Å². The summed E-state index contributed by atoms with van der Waals surface area (Å²) >= 11 is 1.09. The van der Waals surface area contributed by atoms with Crippen molar-refractivity contribution in [3.8, 4) is 18.1 Å². The van der Waals surface area contributed by atoms with Gasteiger partial charge >= 0.3 is 0 Å². The third-order valence-corrected chi connectivity index (χ3v) is 7.49. The summed E-state index contributed by atoms with van der Waals surface area (Å²) in [7, 11) is -2.43. The molecule has 0 aliphatic rings. The summed E-state index contributed by atoms with van der Waals surface area (Å²) in [5.41, 5.74) is 0.832. The van der Waals surface area contributed by atoms with Gasteiger partial charge in [-0.25, -0.2) is 8.42 Å². The maximum atomic E-state index is 13.0. The highest BCUT2D eigenvalue weighted by Gasteiger charge is 2.16. The first-order valence-corrected chi connectivity index (χ1v) is 12.6. The van der Waals surface area contributed by atoms with E-state index in [9.17, 15) is 23.3 Å². The molecule has 1 amide bonds. The smallest absolute Gasteiger partial charge is 0.279 e. The minimum Gasteiger partial charge on any atom is -0.497 e. The van der Waals surface area contributed by atoms with Gasteiger partial charge in [-0.3, -0.25) is 19.6 Å². The number of amides is 1. The van der Waals surface area contributed by atoms with Crippen molar-refractivity contribution in [2.75, 3.05) is 11.8 Å². The second-order valence-electron chi connectivity index (χ2n) is 7.36. The molecular formula is C24H18N4O6S2. The molecule has 0 saturated carbocycles. The fraction of sp³-hybridized carbons (Fsp3) is 0.0833. The Labute approximate surface area is 209 Å². The fourth-order valence-corrected chi connectivity index (χ4v) is 5.45. The first-order valence-electron chi connectivity index (χ1n) is 10.3. The maximum Gasteiger partial charge on any atom is 0.279 e. The number of nitro groups is 1. The Bertz CT molecular complexity index is 1700. The van der Waals surface area contributed by atoms with Crippen LogP contribution in [0.15, 0.2) is 76.6 Å². The number of sulfonamides is 1. The first-order chi connectivity index (χ1) is 17.2. The molecule has 12 heteroatoms. The number of rotatable bonds is 7. The molecule has 4 rings (SSSR count). The molecular weight excluding hydrogens is 504 g/mol. The van der Waals surface area contributed by atoms with Crippen LogP contribution in [-0.4, -0.2) is 30.9 Å². The number of nitro benzene ring substituents is 1. The Morgan fingerprint density at radius 1 is 1.19 bits per heavy atom. The Balaban J connectivity index is 1.67. The Hall–Kier alpha value is -4.47. The van der Waals surface area contributed by atoms with Crippen molar-refractivity contribution >= 4 is 48.9 Å². The van der Waals surface area contributed by atoms with E-state index in [-0.39, 0.29) is 33.2 Å². The topological polar surface area (TPSA) is 133 Å². The van der Waals surface area contributed by atoms with Crippen LogP contribution in [0.3, 0.4) is 0 Å². The molecule has 0 aliphatic carbocycles. The van der Waals surface area contributed by atoms with Crippen LogP contribution in [0, 0.1) is 22.5 Å². The normalized spacial score (nSPS) is 11.7. The lowest BCUT2D eigenvalue weighted by atomic mass is 10.2. The summed E-state index contributed by atoms with van der Waals surface area (Å²) in [6.07, 6.45) is 5.47. The van der Waals surface area contributed by atoms with Crippen LogP contribution in [0.5, 0.6) is 5.75 Å². The molecule has 0 saturated heterocycles. The number of benzene rings is 3. The second kappa shape index (κ2) is 10.0. The van der Waals surface area contributed by atoms with E-state index < -0.39 is 20.9 Å². The van der Waals surface area contributed by atoms with Gasteiger partial charge in [-0.15, -0.1) is 6.42 Å². The number of non-ortho nitro benzene ring substituents is 1. The molecule has 1 heterocycles. The number of hydrogen-bond acceptors (Lipinski definition) is 7. The second-order valence-corrected chi connectivity index (χ2v) is 10.1. The van der Waals surface area contributed by atoms with Crippen molar-refractivity contribution in [1.29, 1.82) is 0 Å². The van der Waals surface area contributed by atoms with Gasteiger partial charge in [0.25, 0.3) is 21.6 Å². The lowest BCUT2D eigenvalue weighted by molar-refractivity contribution is -0.384. The van der Waals surface area contributed by atoms with E-state index in [1.807, 2.05) is 0 Å². The lowest BCUT2D eigenvalue weighted by Gasteiger charge is -2.09. The van der Waals surface area contributed by atoms with Gasteiger partial charge in [-0.1, -0.05) is 23.3 Å². The van der Waals surface area contributed by atoms with Crippen molar-refractivity contribution in [3.05, 3.63) is 87.2 Å². The van der Waals surface area contributed by atoms with Gasteiger partial charge in [0.15, 0.2) is 4.80 Å². The number of nitrogens with one attached hydrogen (secondary N) is 1.